The molecule has 0 bridgehead atoms. The summed E-state index contributed by atoms with van der Waals surface area (Å²) in [6, 6.07) is 8.64. The van der Waals surface area contributed by atoms with Gasteiger partial charge < -0.3 is 15.2 Å². The SMILES string of the molecule is O=C(NCC[C@@H]1CCOC1)c1ccc(-c2cc(O)c(F)c(F)c2)cc1. The van der Waals surface area contributed by atoms with E-state index in [1.54, 1.807) is 24.3 Å². The van der Waals surface area contributed by atoms with Crippen LogP contribution < -0.4 is 5.32 Å². The molecule has 0 aliphatic carbocycles. The van der Waals surface area contributed by atoms with E-state index in [9.17, 15) is 18.7 Å². The number of phenols is 1. The minimum absolute atomic E-state index is 0.182. The molecule has 6 heteroatoms. The molecule has 1 aliphatic heterocycles. The van der Waals surface area contributed by atoms with Crippen molar-refractivity contribution in [2.45, 2.75) is 12.8 Å². The molecule has 4 nitrogen and oxygen atoms in total. The molecule has 0 saturated carbocycles. The standard InChI is InChI=1S/C19H19F2NO3/c20-16-9-15(10-17(23)18(16)21)13-1-3-14(4-2-13)19(24)22-7-5-12-6-8-25-11-12/h1-4,9-10,12,23H,5-8,11H2,(H,22,24)/t12-/m1/s1. The van der Waals surface area contributed by atoms with Crippen molar-refractivity contribution in [3.63, 3.8) is 0 Å². The van der Waals surface area contributed by atoms with E-state index >= 15 is 0 Å². The first-order valence-corrected chi connectivity index (χ1v) is 8.19. The van der Waals surface area contributed by atoms with Crippen LogP contribution in [0.2, 0.25) is 0 Å². The average molecular weight is 347 g/mol. The molecule has 25 heavy (non-hydrogen) atoms. The van der Waals surface area contributed by atoms with Gasteiger partial charge >= 0.3 is 0 Å². The topological polar surface area (TPSA) is 58.6 Å². The lowest BCUT2D eigenvalue weighted by molar-refractivity contribution is 0.0950. The van der Waals surface area contributed by atoms with Crippen LogP contribution in [0.5, 0.6) is 5.75 Å². The number of benzene rings is 2. The van der Waals surface area contributed by atoms with E-state index in [4.69, 9.17) is 4.74 Å². The van der Waals surface area contributed by atoms with Crippen LogP contribution in [0.3, 0.4) is 0 Å². The molecule has 1 amide bonds. The number of hydrogen-bond donors (Lipinski definition) is 2. The van der Waals surface area contributed by atoms with Crippen molar-refractivity contribution in [3.05, 3.63) is 53.6 Å². The molecule has 1 saturated heterocycles. The number of halogens is 2. The van der Waals surface area contributed by atoms with Crippen LogP contribution in [0.4, 0.5) is 8.78 Å². The van der Waals surface area contributed by atoms with Gasteiger partial charge in [-0.25, -0.2) is 4.39 Å². The summed E-state index contributed by atoms with van der Waals surface area (Å²) in [4.78, 5) is 12.1. The molecule has 3 rings (SSSR count). The monoisotopic (exact) mass is 347 g/mol. The van der Waals surface area contributed by atoms with Gasteiger partial charge in [-0.1, -0.05) is 12.1 Å². The fourth-order valence-electron chi connectivity index (χ4n) is 2.86. The minimum atomic E-state index is -1.27. The van der Waals surface area contributed by atoms with Gasteiger partial charge in [0, 0.05) is 25.3 Å². The summed E-state index contributed by atoms with van der Waals surface area (Å²) in [5, 5.41) is 12.3. The Bertz CT molecular complexity index is 733. The lowest BCUT2D eigenvalue weighted by atomic mass is 10.0. The summed E-state index contributed by atoms with van der Waals surface area (Å²) in [5.41, 5.74) is 1.40. The Morgan fingerprint density at radius 1 is 1.20 bits per heavy atom. The molecular weight excluding hydrogens is 328 g/mol. The molecule has 0 radical (unpaired) electrons. The molecule has 0 aromatic heterocycles. The Morgan fingerprint density at radius 3 is 2.60 bits per heavy atom. The van der Waals surface area contributed by atoms with Crippen molar-refractivity contribution in [2.75, 3.05) is 19.8 Å². The van der Waals surface area contributed by atoms with E-state index in [0.29, 0.717) is 29.2 Å². The molecule has 1 heterocycles. The molecular formula is C19H19F2NO3. The second-order valence-electron chi connectivity index (χ2n) is 6.14. The van der Waals surface area contributed by atoms with E-state index in [1.165, 1.54) is 0 Å². The summed E-state index contributed by atoms with van der Waals surface area (Å²) in [6.07, 6.45) is 1.92. The van der Waals surface area contributed by atoms with Gasteiger partial charge in [-0.2, -0.15) is 4.39 Å². The zero-order valence-electron chi connectivity index (χ0n) is 13.6. The molecule has 2 N–H and O–H groups in total. The van der Waals surface area contributed by atoms with Gasteiger partial charge in [-0.05, 0) is 54.2 Å². The van der Waals surface area contributed by atoms with E-state index in [2.05, 4.69) is 5.32 Å². The zero-order chi connectivity index (χ0) is 17.8. The normalized spacial score (nSPS) is 16.8. The van der Waals surface area contributed by atoms with E-state index in [1.807, 2.05) is 0 Å². The molecule has 2 aromatic carbocycles. The highest BCUT2D eigenvalue weighted by Crippen LogP contribution is 2.28. The smallest absolute Gasteiger partial charge is 0.251 e. The lowest BCUT2D eigenvalue weighted by Crippen LogP contribution is -2.26. The number of nitrogens with one attached hydrogen (secondary N) is 1. The van der Waals surface area contributed by atoms with E-state index < -0.39 is 17.4 Å². The largest absolute Gasteiger partial charge is 0.505 e. The third-order valence-corrected chi connectivity index (χ3v) is 4.35. The predicted octanol–water partition coefficient (Wildman–Crippen LogP) is 3.49. The zero-order valence-corrected chi connectivity index (χ0v) is 13.6. The van der Waals surface area contributed by atoms with Gasteiger partial charge in [0.25, 0.3) is 5.91 Å². The Kier molecular flexibility index (Phi) is 5.28. The Morgan fingerprint density at radius 2 is 1.96 bits per heavy atom. The summed E-state index contributed by atoms with van der Waals surface area (Å²) in [5.74, 6) is -2.81. The van der Waals surface area contributed by atoms with Crippen LogP contribution in [-0.2, 0) is 4.74 Å². The number of amides is 1. The van der Waals surface area contributed by atoms with Crippen LogP contribution in [0.1, 0.15) is 23.2 Å². The summed E-state index contributed by atoms with van der Waals surface area (Å²) in [7, 11) is 0. The van der Waals surface area contributed by atoms with Crippen LogP contribution in [0, 0.1) is 17.6 Å². The average Bonchev–Trinajstić information content (AvgIpc) is 3.12. The van der Waals surface area contributed by atoms with Gasteiger partial charge in [-0.15, -0.1) is 0 Å². The molecule has 0 unspecified atom stereocenters. The Hall–Kier alpha value is -2.47. The number of carbonyl (C=O) groups excluding carboxylic acids is 1. The van der Waals surface area contributed by atoms with E-state index in [-0.39, 0.29) is 5.91 Å². The highest BCUT2D eigenvalue weighted by molar-refractivity contribution is 5.94. The van der Waals surface area contributed by atoms with Gasteiger partial charge in [0.15, 0.2) is 17.4 Å². The highest BCUT2D eigenvalue weighted by atomic mass is 19.2. The van der Waals surface area contributed by atoms with Crippen LogP contribution in [-0.4, -0.2) is 30.8 Å². The quantitative estimate of drug-likeness (QED) is 0.870. The number of phenolic OH excluding ortho intramolecular Hbond substituents is 1. The van der Waals surface area contributed by atoms with Crippen molar-refractivity contribution in [3.8, 4) is 16.9 Å². The molecule has 1 fully saturated rings. The fourth-order valence-corrected chi connectivity index (χ4v) is 2.86. The number of aromatic hydroxyl groups is 1. The first-order valence-electron chi connectivity index (χ1n) is 8.19. The third-order valence-electron chi connectivity index (χ3n) is 4.35. The second-order valence-corrected chi connectivity index (χ2v) is 6.14. The Balaban J connectivity index is 1.62. The summed E-state index contributed by atoms with van der Waals surface area (Å²) in [6.45, 7) is 2.14. The van der Waals surface area contributed by atoms with Crippen molar-refractivity contribution in [1.29, 1.82) is 0 Å². The van der Waals surface area contributed by atoms with Gasteiger partial charge in [0.05, 0.1) is 0 Å². The van der Waals surface area contributed by atoms with Gasteiger partial charge in [0.1, 0.15) is 0 Å². The number of ether oxygens (including phenoxy) is 1. The summed E-state index contributed by atoms with van der Waals surface area (Å²) < 4.78 is 31.8. The predicted molar refractivity (Wildman–Crippen MR) is 89.3 cm³/mol. The maximum absolute atomic E-state index is 13.4. The van der Waals surface area contributed by atoms with E-state index in [0.717, 1.165) is 38.2 Å². The Labute approximate surface area is 144 Å². The van der Waals surface area contributed by atoms with Crippen LogP contribution >= 0.6 is 0 Å². The first-order chi connectivity index (χ1) is 12.0. The fraction of sp³-hybridized carbons (Fsp3) is 0.316. The number of rotatable bonds is 5. The third kappa shape index (κ3) is 4.14. The molecule has 1 atom stereocenters. The van der Waals surface area contributed by atoms with Gasteiger partial charge in [-0.3, -0.25) is 4.79 Å². The van der Waals surface area contributed by atoms with Crippen molar-refractivity contribution < 1.29 is 23.4 Å². The van der Waals surface area contributed by atoms with Gasteiger partial charge in [0.2, 0.25) is 0 Å². The van der Waals surface area contributed by atoms with Crippen molar-refractivity contribution >= 4 is 5.91 Å². The first kappa shape index (κ1) is 17.4. The summed E-state index contributed by atoms with van der Waals surface area (Å²) >= 11 is 0. The van der Waals surface area contributed by atoms with Crippen molar-refractivity contribution in [1.82, 2.24) is 5.32 Å². The maximum atomic E-state index is 13.4. The minimum Gasteiger partial charge on any atom is -0.505 e. The lowest BCUT2D eigenvalue weighted by Gasteiger charge is -2.09. The highest BCUT2D eigenvalue weighted by Gasteiger charge is 2.16. The molecule has 2 aromatic rings. The van der Waals surface area contributed by atoms with Crippen molar-refractivity contribution in [2.24, 2.45) is 5.92 Å². The van der Waals surface area contributed by atoms with Crippen LogP contribution in [0.15, 0.2) is 36.4 Å². The molecule has 1 aliphatic rings. The maximum Gasteiger partial charge on any atom is 0.251 e. The second kappa shape index (κ2) is 7.61. The number of hydrogen-bond acceptors (Lipinski definition) is 3. The molecule has 0 spiro atoms. The van der Waals surface area contributed by atoms with Crippen LogP contribution in [0.25, 0.3) is 11.1 Å². The number of carbonyl (C=O) groups is 1. The molecule has 132 valence electrons.